The van der Waals surface area contributed by atoms with Crippen LogP contribution in [0.25, 0.3) is 0 Å². The van der Waals surface area contributed by atoms with Gasteiger partial charge in [0, 0.05) is 12.3 Å². The van der Waals surface area contributed by atoms with Crippen molar-refractivity contribution in [2.75, 3.05) is 19.8 Å². The van der Waals surface area contributed by atoms with Crippen LogP contribution in [0.5, 0.6) is 0 Å². The molecule has 356 valence electrons. The summed E-state index contributed by atoms with van der Waals surface area (Å²) >= 11 is 0. The van der Waals surface area contributed by atoms with E-state index >= 15 is 0 Å². The van der Waals surface area contributed by atoms with Crippen LogP contribution in [-0.2, 0) is 37.9 Å². The molecule has 9 N–H and O–H groups in total. The fourth-order valence-electron chi connectivity index (χ4n) is 14.5. The normalized spacial score (nSPS) is 58.9. The molecule has 5 heterocycles. The molecule has 0 aromatic rings. The van der Waals surface area contributed by atoms with Crippen molar-refractivity contribution >= 4 is 0 Å². The predicted octanol–water partition coefficient (Wildman–Crippen LogP) is 0.294. The second-order valence-corrected chi connectivity index (χ2v) is 21.5. The van der Waals surface area contributed by atoms with Gasteiger partial charge in [-0.2, -0.15) is 0 Å². The molecule has 9 aliphatic rings. The van der Waals surface area contributed by atoms with Crippen molar-refractivity contribution < 1.29 is 83.9 Å². The first kappa shape index (κ1) is 46.4. The summed E-state index contributed by atoms with van der Waals surface area (Å²) < 4.78 is 49.6. The maximum absolute atomic E-state index is 11.6. The number of aliphatic hydroxyl groups is 9. The number of rotatable bonds is 8. The van der Waals surface area contributed by atoms with Crippen LogP contribution in [0.1, 0.15) is 98.8 Å². The van der Waals surface area contributed by atoms with E-state index in [1.165, 1.54) is 19.8 Å². The third-order valence-electron chi connectivity index (χ3n) is 18.2. The first-order valence-electron chi connectivity index (χ1n) is 23.7. The predicted molar refractivity (Wildman–Crippen MR) is 214 cm³/mol. The summed E-state index contributed by atoms with van der Waals surface area (Å²) in [4.78, 5) is 0. The van der Waals surface area contributed by atoms with E-state index in [1.54, 1.807) is 0 Å². The minimum Gasteiger partial charge on any atom is -0.394 e. The second kappa shape index (κ2) is 17.4. The molecule has 4 saturated carbocycles. The topological polar surface area (TPSA) is 256 Å². The minimum absolute atomic E-state index is 0.0972. The van der Waals surface area contributed by atoms with E-state index < -0.39 is 111 Å². The summed E-state index contributed by atoms with van der Waals surface area (Å²) in [5.74, 6) is 3.15. The largest absolute Gasteiger partial charge is 0.394 e. The van der Waals surface area contributed by atoms with Crippen LogP contribution in [0.15, 0.2) is 0 Å². The summed E-state index contributed by atoms with van der Waals surface area (Å²) in [6.45, 7) is 10.8. The summed E-state index contributed by atoms with van der Waals surface area (Å²) in [7, 11) is 0. The molecule has 17 heteroatoms. The standard InChI is InChI=1S/C45H74O17/c1-19-8-13-45(56-17-19)20(2)30-27(62-45)15-26-24-7-6-22-14-23(9-11-43(22,4)25(24)10-12-44(26,30)5)58-42-39(61-41-38(54)35(51)32(48)28(16-46)59-41)36(52)33(49)29(60-42)18-55-40-37(53)34(50)31(47)21(3)57-40/h19-42,46-54H,6-18H2,1-5H3/t19-,20?,21+,22-,23+,24?,25?,26+,27?,28-,29-,30?,31+,32-,33-,34-,35+,36+,37-,38-,39-,40-,41+,42-,43+,44+,45?/m1/s1. The molecule has 0 radical (unpaired) electrons. The van der Waals surface area contributed by atoms with Crippen molar-refractivity contribution in [3.63, 3.8) is 0 Å². The molecule has 0 amide bonds. The Morgan fingerprint density at radius 1 is 0.613 bits per heavy atom. The van der Waals surface area contributed by atoms with Gasteiger partial charge in [0.05, 0.1) is 38.1 Å². The highest BCUT2D eigenvalue weighted by Crippen LogP contribution is 2.71. The van der Waals surface area contributed by atoms with Crippen LogP contribution in [0.3, 0.4) is 0 Å². The van der Waals surface area contributed by atoms with Crippen molar-refractivity contribution in [3.05, 3.63) is 0 Å². The van der Waals surface area contributed by atoms with Crippen LogP contribution in [0, 0.1) is 52.3 Å². The quantitative estimate of drug-likeness (QED) is 0.149. The zero-order chi connectivity index (χ0) is 44.2. The Hall–Kier alpha value is -0.680. The Labute approximate surface area is 364 Å². The van der Waals surface area contributed by atoms with Crippen molar-refractivity contribution in [1.29, 1.82) is 0 Å². The zero-order valence-electron chi connectivity index (χ0n) is 36.8. The number of ether oxygens (including phenoxy) is 8. The Bertz CT molecular complexity index is 1550. The molecule has 5 saturated heterocycles. The van der Waals surface area contributed by atoms with Crippen molar-refractivity contribution in [2.45, 2.75) is 209 Å². The number of fused-ring (bicyclic) bond motifs is 7. The molecule has 9 rings (SSSR count). The number of hydrogen-bond acceptors (Lipinski definition) is 17. The van der Waals surface area contributed by atoms with Gasteiger partial charge in [-0.15, -0.1) is 0 Å². The molecule has 9 fully saturated rings. The Kier molecular flexibility index (Phi) is 13.1. The number of hydrogen-bond donors (Lipinski definition) is 9. The van der Waals surface area contributed by atoms with Gasteiger partial charge in [-0.3, -0.25) is 0 Å². The molecule has 62 heavy (non-hydrogen) atoms. The van der Waals surface area contributed by atoms with Crippen LogP contribution in [0.4, 0.5) is 0 Å². The molecule has 0 bridgehead atoms. The van der Waals surface area contributed by atoms with Crippen LogP contribution in [-0.4, -0.2) is 176 Å². The summed E-state index contributed by atoms with van der Waals surface area (Å²) in [5, 5.41) is 95.6. The van der Waals surface area contributed by atoms with Gasteiger partial charge in [0.1, 0.15) is 67.1 Å². The molecule has 0 aromatic heterocycles. The lowest BCUT2D eigenvalue weighted by Gasteiger charge is -2.61. The average molecular weight is 887 g/mol. The smallest absolute Gasteiger partial charge is 0.187 e. The van der Waals surface area contributed by atoms with E-state index in [0.717, 1.165) is 51.6 Å². The van der Waals surface area contributed by atoms with Crippen molar-refractivity contribution in [1.82, 2.24) is 0 Å². The second-order valence-electron chi connectivity index (χ2n) is 21.5. The molecule has 4 aliphatic carbocycles. The zero-order valence-corrected chi connectivity index (χ0v) is 36.8. The molecular weight excluding hydrogens is 812 g/mol. The monoisotopic (exact) mass is 886 g/mol. The molecule has 0 aromatic carbocycles. The highest BCUT2D eigenvalue weighted by atomic mass is 16.8. The highest BCUT2D eigenvalue weighted by Gasteiger charge is 2.69. The third-order valence-corrected chi connectivity index (χ3v) is 18.2. The van der Waals surface area contributed by atoms with Gasteiger partial charge in [0.15, 0.2) is 24.7 Å². The summed E-state index contributed by atoms with van der Waals surface area (Å²) in [6, 6.07) is 0. The van der Waals surface area contributed by atoms with E-state index in [0.29, 0.717) is 47.8 Å². The van der Waals surface area contributed by atoms with Gasteiger partial charge < -0.3 is 83.9 Å². The van der Waals surface area contributed by atoms with E-state index in [9.17, 15) is 46.0 Å². The summed E-state index contributed by atoms with van der Waals surface area (Å²) in [5.41, 5.74) is 0.311. The molecule has 1 spiro atoms. The molecule has 6 unspecified atom stereocenters. The van der Waals surface area contributed by atoms with E-state index in [1.807, 2.05) is 0 Å². The van der Waals surface area contributed by atoms with Crippen LogP contribution in [0.2, 0.25) is 0 Å². The first-order chi connectivity index (χ1) is 29.4. The van der Waals surface area contributed by atoms with Crippen LogP contribution < -0.4 is 0 Å². The summed E-state index contributed by atoms with van der Waals surface area (Å²) in [6.07, 6.45) is -12.2. The SMILES string of the molecule is CC1C2C(C[C@H]3C4CC[C@@H]5C[C@@H](O[C@@H]6O[C@H](CO[C@@H]7O[C@@H](C)[C@H](O)[C@@H](O)[C@H]7O)[C@@H](O)[C@H](O)[C@H]6O[C@@H]6O[C@H](CO)[C@@H](O)[C@H](O)[C@H]6O)CC[C@]5(C)C4CC[C@]23C)OC12CC[C@@H](C)CO2. The van der Waals surface area contributed by atoms with Crippen molar-refractivity contribution in [3.8, 4) is 0 Å². The van der Waals surface area contributed by atoms with Gasteiger partial charge in [-0.05, 0) is 111 Å². The van der Waals surface area contributed by atoms with Gasteiger partial charge in [0.25, 0.3) is 0 Å². The van der Waals surface area contributed by atoms with E-state index in [4.69, 9.17) is 37.9 Å². The Morgan fingerprint density at radius 3 is 2.03 bits per heavy atom. The van der Waals surface area contributed by atoms with Gasteiger partial charge in [-0.1, -0.05) is 27.7 Å². The third kappa shape index (κ3) is 7.66. The van der Waals surface area contributed by atoms with Gasteiger partial charge in [0.2, 0.25) is 0 Å². The molecule has 27 atom stereocenters. The van der Waals surface area contributed by atoms with Gasteiger partial charge in [-0.25, -0.2) is 0 Å². The lowest BCUT2D eigenvalue weighted by molar-refractivity contribution is -0.377. The van der Waals surface area contributed by atoms with E-state index in [-0.39, 0.29) is 23.0 Å². The molecule has 17 nitrogen and oxygen atoms in total. The van der Waals surface area contributed by atoms with Gasteiger partial charge >= 0.3 is 0 Å². The Balaban J connectivity index is 0.888. The maximum Gasteiger partial charge on any atom is 0.187 e. The fourth-order valence-corrected chi connectivity index (χ4v) is 14.5. The first-order valence-corrected chi connectivity index (χ1v) is 23.7. The minimum atomic E-state index is -1.78. The average Bonchev–Trinajstić information content (AvgIpc) is 3.70. The maximum atomic E-state index is 11.6. The lowest BCUT2D eigenvalue weighted by atomic mass is 9.44. The fraction of sp³-hybridized carbons (Fsp3) is 1.00. The Morgan fingerprint density at radius 2 is 1.31 bits per heavy atom. The number of aliphatic hydroxyl groups excluding tert-OH is 9. The lowest BCUT2D eigenvalue weighted by Crippen LogP contribution is -2.65. The molecular formula is C45H74O17. The highest BCUT2D eigenvalue weighted by molar-refractivity contribution is 5.15. The van der Waals surface area contributed by atoms with Crippen LogP contribution >= 0.6 is 0 Å². The van der Waals surface area contributed by atoms with E-state index in [2.05, 4.69) is 27.7 Å². The van der Waals surface area contributed by atoms with Crippen molar-refractivity contribution in [2.24, 2.45) is 52.3 Å². The molecule has 5 aliphatic heterocycles.